The Labute approximate surface area is 85.3 Å². The molecule has 0 saturated carbocycles. The van der Waals surface area contributed by atoms with Crippen LogP contribution in [0.25, 0.3) is 0 Å². The summed E-state index contributed by atoms with van der Waals surface area (Å²) in [6.07, 6.45) is -0.352. The Balaban J connectivity index is 2.25. The summed E-state index contributed by atoms with van der Waals surface area (Å²) < 4.78 is 21.9. The molecule has 78 valence electrons. The first kappa shape index (κ1) is 10.4. The monoisotopic (exact) mass is 198 g/mol. The highest BCUT2D eigenvalue weighted by Gasteiger charge is 2.64. The Morgan fingerprint density at radius 3 is 2.71 bits per heavy atom. The lowest BCUT2D eigenvalue weighted by Gasteiger charge is -2.34. The zero-order valence-electron chi connectivity index (χ0n) is 8.73. The second-order valence-electron chi connectivity index (χ2n) is 3.87. The maximum Gasteiger partial charge on any atom is 0.145 e. The summed E-state index contributed by atoms with van der Waals surface area (Å²) in [7, 11) is 9.06. The maximum absolute atomic E-state index is 5.78. The Kier molecular flexibility index (Phi) is 2.60. The van der Waals surface area contributed by atoms with E-state index in [-0.39, 0.29) is 18.3 Å². The maximum atomic E-state index is 5.78. The highest BCUT2D eigenvalue weighted by Crippen LogP contribution is 2.44. The molecule has 2 fully saturated rings. The summed E-state index contributed by atoms with van der Waals surface area (Å²) in [5.74, 6) is 0. The molecule has 5 heteroatoms. The minimum absolute atomic E-state index is 0.0443. The van der Waals surface area contributed by atoms with Gasteiger partial charge in [0.05, 0.1) is 12.7 Å². The van der Waals surface area contributed by atoms with E-state index < -0.39 is 11.6 Å². The second kappa shape index (κ2) is 3.49. The summed E-state index contributed by atoms with van der Waals surface area (Å²) in [6.45, 7) is 2.40. The van der Waals surface area contributed by atoms with E-state index in [1.807, 2.05) is 6.92 Å². The van der Waals surface area contributed by atoms with E-state index in [0.717, 1.165) is 0 Å². The zero-order chi connectivity index (χ0) is 10.3. The molecule has 0 aromatic carbocycles. The molecule has 14 heavy (non-hydrogen) atoms. The van der Waals surface area contributed by atoms with Gasteiger partial charge in [-0.05, 0) is 6.92 Å². The van der Waals surface area contributed by atoms with Crippen LogP contribution in [-0.4, -0.2) is 58.6 Å². The van der Waals surface area contributed by atoms with Crippen molar-refractivity contribution in [1.29, 1.82) is 0 Å². The Bertz CT molecular complexity index is 225. The topological polar surface area (TPSA) is 36.9 Å². The second-order valence-corrected chi connectivity index (χ2v) is 3.87. The molecule has 2 bridgehead atoms. The third-order valence-corrected chi connectivity index (χ3v) is 3.13. The molecule has 0 aromatic rings. The molecular weight excluding hydrogens is 183 g/mol. The molecule has 5 atom stereocenters. The number of hydrogen-bond donors (Lipinski definition) is 0. The van der Waals surface area contributed by atoms with E-state index in [9.17, 15) is 0 Å². The summed E-state index contributed by atoms with van der Waals surface area (Å²) >= 11 is 0. The largest absolute Gasteiger partial charge is 0.381 e. The van der Waals surface area contributed by atoms with Crippen LogP contribution in [0.2, 0.25) is 0 Å². The first-order valence-electron chi connectivity index (χ1n) is 4.76. The van der Waals surface area contributed by atoms with E-state index in [1.165, 1.54) is 0 Å². The first-order chi connectivity index (χ1) is 6.65. The minimum atomic E-state index is -0.534. The van der Waals surface area contributed by atoms with Crippen LogP contribution in [0.4, 0.5) is 0 Å². The number of ether oxygens (including phenoxy) is 4. The van der Waals surface area contributed by atoms with Gasteiger partial charge in [-0.3, -0.25) is 0 Å². The van der Waals surface area contributed by atoms with Gasteiger partial charge in [-0.25, -0.2) is 0 Å². The van der Waals surface area contributed by atoms with Crippen molar-refractivity contribution in [1.82, 2.24) is 0 Å². The standard InChI is InChI=1S/C9H15BO4/c1-5-9(4-11-2)7(12-3)6(13-5)8(10)14-9/h5-8H,4H2,1-3H3/t5-,6?,7+,8+,9-/m0/s1. The van der Waals surface area contributed by atoms with Crippen LogP contribution in [0, 0.1) is 0 Å². The summed E-state index contributed by atoms with van der Waals surface area (Å²) in [5, 5.41) is 0. The van der Waals surface area contributed by atoms with Gasteiger partial charge < -0.3 is 18.9 Å². The number of hydrogen-bond acceptors (Lipinski definition) is 4. The van der Waals surface area contributed by atoms with Crippen molar-refractivity contribution in [3.8, 4) is 0 Å². The van der Waals surface area contributed by atoms with E-state index >= 15 is 0 Å². The van der Waals surface area contributed by atoms with Crippen molar-refractivity contribution in [2.45, 2.75) is 36.8 Å². The molecule has 0 aromatic heterocycles. The lowest BCUT2D eigenvalue weighted by molar-refractivity contribution is -0.178. The van der Waals surface area contributed by atoms with Crippen molar-refractivity contribution in [2.75, 3.05) is 20.8 Å². The third-order valence-electron chi connectivity index (χ3n) is 3.13. The van der Waals surface area contributed by atoms with E-state index in [0.29, 0.717) is 6.61 Å². The fourth-order valence-corrected chi connectivity index (χ4v) is 2.46. The molecule has 0 amide bonds. The minimum Gasteiger partial charge on any atom is -0.381 e. The smallest absolute Gasteiger partial charge is 0.145 e. The Morgan fingerprint density at radius 2 is 2.14 bits per heavy atom. The zero-order valence-corrected chi connectivity index (χ0v) is 8.73. The van der Waals surface area contributed by atoms with Crippen LogP contribution in [0.3, 0.4) is 0 Å². The van der Waals surface area contributed by atoms with Crippen LogP contribution < -0.4 is 0 Å². The van der Waals surface area contributed by atoms with Gasteiger partial charge in [-0.15, -0.1) is 0 Å². The summed E-state index contributed by atoms with van der Waals surface area (Å²) in [4.78, 5) is 0. The molecule has 0 N–H and O–H groups in total. The number of rotatable bonds is 3. The number of fused-ring (bicyclic) bond motifs is 2. The predicted octanol–water partition coefficient (Wildman–Crippen LogP) is -0.301. The molecule has 2 aliphatic rings. The van der Waals surface area contributed by atoms with Gasteiger partial charge in [0.25, 0.3) is 0 Å². The molecule has 2 radical (unpaired) electrons. The fourth-order valence-electron chi connectivity index (χ4n) is 2.46. The van der Waals surface area contributed by atoms with Gasteiger partial charge in [-0.2, -0.15) is 0 Å². The predicted molar refractivity (Wildman–Crippen MR) is 50.4 cm³/mol. The molecule has 0 spiro atoms. The van der Waals surface area contributed by atoms with Crippen LogP contribution in [0.15, 0.2) is 0 Å². The summed E-state index contributed by atoms with van der Waals surface area (Å²) in [5.41, 5.74) is -0.534. The fraction of sp³-hybridized carbons (Fsp3) is 1.00. The first-order valence-corrected chi connectivity index (χ1v) is 4.76. The van der Waals surface area contributed by atoms with Gasteiger partial charge in [-0.1, -0.05) is 0 Å². The molecular formula is C9H15BO4. The van der Waals surface area contributed by atoms with Crippen LogP contribution in [0.1, 0.15) is 6.92 Å². The van der Waals surface area contributed by atoms with Crippen LogP contribution in [0.5, 0.6) is 0 Å². The highest BCUT2D eigenvalue weighted by molar-refractivity contribution is 6.11. The molecule has 2 heterocycles. The molecule has 0 aliphatic carbocycles. The van der Waals surface area contributed by atoms with Crippen molar-refractivity contribution >= 4 is 7.85 Å². The van der Waals surface area contributed by atoms with Crippen LogP contribution >= 0.6 is 0 Å². The SMILES string of the molecule is [B][C@@H]1O[C@@]2(COC)[C@H](C)OC1[C@H]2OC. The Morgan fingerprint density at radius 1 is 1.43 bits per heavy atom. The van der Waals surface area contributed by atoms with Gasteiger partial charge in [0, 0.05) is 20.2 Å². The van der Waals surface area contributed by atoms with Crippen molar-refractivity contribution in [3.05, 3.63) is 0 Å². The molecule has 4 nitrogen and oxygen atoms in total. The van der Waals surface area contributed by atoms with Crippen molar-refractivity contribution < 1.29 is 18.9 Å². The lowest BCUT2D eigenvalue weighted by Crippen LogP contribution is -2.50. The van der Waals surface area contributed by atoms with Crippen molar-refractivity contribution in [3.63, 3.8) is 0 Å². The normalized spacial score (nSPS) is 51.4. The third kappa shape index (κ3) is 1.16. The lowest BCUT2D eigenvalue weighted by atomic mass is 9.90. The molecule has 2 saturated heterocycles. The van der Waals surface area contributed by atoms with Gasteiger partial charge in [0.2, 0.25) is 0 Å². The van der Waals surface area contributed by atoms with Gasteiger partial charge in [0.1, 0.15) is 25.7 Å². The average molecular weight is 198 g/mol. The molecule has 2 aliphatic heterocycles. The molecule has 2 rings (SSSR count). The average Bonchev–Trinajstić information content (AvgIpc) is 2.54. The van der Waals surface area contributed by atoms with Crippen molar-refractivity contribution in [2.24, 2.45) is 0 Å². The number of methoxy groups -OCH3 is 2. The van der Waals surface area contributed by atoms with Crippen LogP contribution in [-0.2, 0) is 18.9 Å². The van der Waals surface area contributed by atoms with Gasteiger partial charge >= 0.3 is 0 Å². The van der Waals surface area contributed by atoms with E-state index in [2.05, 4.69) is 0 Å². The van der Waals surface area contributed by atoms with E-state index in [1.54, 1.807) is 14.2 Å². The highest BCUT2D eigenvalue weighted by atomic mass is 16.7. The Hall–Kier alpha value is -0.0951. The van der Waals surface area contributed by atoms with E-state index in [4.69, 9.17) is 26.8 Å². The summed E-state index contributed by atoms with van der Waals surface area (Å²) in [6, 6.07) is -0.411. The van der Waals surface area contributed by atoms with Gasteiger partial charge in [0.15, 0.2) is 0 Å². The molecule has 1 unspecified atom stereocenters. The quantitative estimate of drug-likeness (QED) is 0.583.